The number of aliphatic carboxylic acids is 1. The second kappa shape index (κ2) is 16.1. The molecular formula is C38H48ClFN4O4. The minimum atomic E-state index is -1.20. The minimum absolute atomic E-state index is 0.0163. The normalized spacial score (nSPS) is 15.4. The molecule has 2 amide bonds. The number of halogens is 2. The van der Waals surface area contributed by atoms with Gasteiger partial charge in [0.05, 0.1) is 12.5 Å². The van der Waals surface area contributed by atoms with Crippen LogP contribution in [-0.4, -0.2) is 57.9 Å². The van der Waals surface area contributed by atoms with Crippen LogP contribution < -0.4 is 10.6 Å². The van der Waals surface area contributed by atoms with E-state index in [1.54, 1.807) is 25.1 Å². The van der Waals surface area contributed by atoms with Gasteiger partial charge in [0.15, 0.2) is 0 Å². The maximum atomic E-state index is 15.8. The van der Waals surface area contributed by atoms with Crippen LogP contribution in [0.3, 0.4) is 0 Å². The Balaban J connectivity index is 1.59. The van der Waals surface area contributed by atoms with Gasteiger partial charge in [-0.2, -0.15) is 0 Å². The summed E-state index contributed by atoms with van der Waals surface area (Å²) < 4.78 is 15.8. The van der Waals surface area contributed by atoms with Gasteiger partial charge in [-0.05, 0) is 137 Å². The number of carboxylic acids is 1. The number of rotatable bonds is 12. The number of benzene rings is 2. The Labute approximate surface area is 288 Å². The Morgan fingerprint density at radius 2 is 1.62 bits per heavy atom. The first-order valence-electron chi connectivity index (χ1n) is 16.8. The predicted molar refractivity (Wildman–Crippen MR) is 188 cm³/mol. The Morgan fingerprint density at radius 3 is 2.21 bits per heavy atom. The van der Waals surface area contributed by atoms with E-state index in [1.165, 1.54) is 0 Å². The minimum Gasteiger partial charge on any atom is -0.481 e. The van der Waals surface area contributed by atoms with E-state index in [9.17, 15) is 19.5 Å². The Kier molecular flexibility index (Phi) is 12.4. The number of nitrogens with one attached hydrogen (secondary N) is 2. The number of nitrogens with zero attached hydrogens (tertiary/aromatic N) is 2. The van der Waals surface area contributed by atoms with Crippen molar-refractivity contribution in [1.29, 1.82) is 0 Å². The molecule has 2 heterocycles. The van der Waals surface area contributed by atoms with Crippen LogP contribution in [0.5, 0.6) is 0 Å². The summed E-state index contributed by atoms with van der Waals surface area (Å²) in [6.45, 7) is 15.6. The zero-order valence-electron chi connectivity index (χ0n) is 29.0. The number of aromatic nitrogens is 1. The van der Waals surface area contributed by atoms with Crippen LogP contribution in [0, 0.1) is 32.5 Å². The van der Waals surface area contributed by atoms with Crippen molar-refractivity contribution in [2.75, 3.05) is 13.1 Å². The molecule has 258 valence electrons. The van der Waals surface area contributed by atoms with Crippen molar-refractivity contribution in [3.8, 4) is 11.1 Å². The third-order valence-electron chi connectivity index (χ3n) is 9.15. The molecule has 0 aliphatic carbocycles. The summed E-state index contributed by atoms with van der Waals surface area (Å²) >= 11 is 6.25. The lowest BCUT2D eigenvalue weighted by molar-refractivity contribution is -0.137. The van der Waals surface area contributed by atoms with Gasteiger partial charge in [0.25, 0.3) is 5.91 Å². The molecule has 1 aromatic heterocycles. The molecule has 1 aliphatic rings. The number of aryl methyl sites for hydroxylation is 3. The highest BCUT2D eigenvalue weighted by Gasteiger charge is 2.30. The molecule has 4 rings (SSSR count). The lowest BCUT2D eigenvalue weighted by Crippen LogP contribution is -2.48. The molecule has 1 saturated heterocycles. The van der Waals surface area contributed by atoms with Gasteiger partial charge in [-0.15, -0.1) is 0 Å². The van der Waals surface area contributed by atoms with E-state index in [0.717, 1.165) is 48.3 Å². The van der Waals surface area contributed by atoms with Crippen molar-refractivity contribution in [1.82, 2.24) is 20.5 Å². The molecule has 3 aromatic rings. The van der Waals surface area contributed by atoms with E-state index in [2.05, 4.69) is 34.4 Å². The summed E-state index contributed by atoms with van der Waals surface area (Å²) in [7, 11) is 0. The van der Waals surface area contributed by atoms with Crippen LogP contribution in [0.25, 0.3) is 11.1 Å². The zero-order chi connectivity index (χ0) is 35.3. The van der Waals surface area contributed by atoms with Crippen LogP contribution in [-0.2, 0) is 9.59 Å². The number of carboxylic acid groups (broad SMARTS) is 1. The molecule has 0 radical (unpaired) electrons. The molecule has 1 fully saturated rings. The third kappa shape index (κ3) is 9.20. The highest BCUT2D eigenvalue weighted by atomic mass is 35.5. The van der Waals surface area contributed by atoms with Gasteiger partial charge < -0.3 is 20.6 Å². The number of carbonyl (C=O) groups excluding carboxylic acids is 2. The van der Waals surface area contributed by atoms with Gasteiger partial charge in [-0.3, -0.25) is 14.4 Å². The number of pyridine rings is 1. The quantitative estimate of drug-likeness (QED) is 0.183. The molecular weight excluding hydrogens is 631 g/mol. The van der Waals surface area contributed by atoms with E-state index >= 15 is 4.39 Å². The van der Waals surface area contributed by atoms with Gasteiger partial charge in [-0.1, -0.05) is 31.5 Å². The van der Waals surface area contributed by atoms with Crippen molar-refractivity contribution >= 4 is 29.4 Å². The summed E-state index contributed by atoms with van der Waals surface area (Å²) in [5, 5.41) is 16.0. The average Bonchev–Trinajstić information content (AvgIpc) is 3.01. The van der Waals surface area contributed by atoms with E-state index in [0.29, 0.717) is 22.2 Å². The number of likely N-dealkylation sites (tertiary alicyclic amines) is 1. The maximum Gasteiger partial charge on any atom is 0.305 e. The molecule has 1 unspecified atom stereocenters. The number of carbonyl (C=O) groups is 3. The van der Waals surface area contributed by atoms with Crippen molar-refractivity contribution in [3.05, 3.63) is 86.9 Å². The molecule has 3 N–H and O–H groups in total. The van der Waals surface area contributed by atoms with Crippen molar-refractivity contribution < 1.29 is 23.9 Å². The molecule has 8 nitrogen and oxygen atoms in total. The first-order chi connectivity index (χ1) is 22.6. The summed E-state index contributed by atoms with van der Waals surface area (Å²) in [4.78, 5) is 46.5. The summed E-state index contributed by atoms with van der Waals surface area (Å²) in [6.07, 6.45) is 1.64. The van der Waals surface area contributed by atoms with Gasteiger partial charge in [0, 0.05) is 28.2 Å². The Bertz CT molecular complexity index is 1630. The fourth-order valence-electron chi connectivity index (χ4n) is 6.70. The molecule has 2 atom stereocenters. The molecule has 1 aliphatic heterocycles. The van der Waals surface area contributed by atoms with Crippen molar-refractivity contribution in [3.63, 3.8) is 0 Å². The first kappa shape index (κ1) is 37.0. The third-order valence-corrected chi connectivity index (χ3v) is 9.37. The van der Waals surface area contributed by atoms with Gasteiger partial charge in [0.2, 0.25) is 5.91 Å². The zero-order valence-corrected chi connectivity index (χ0v) is 29.7. The first-order valence-corrected chi connectivity index (χ1v) is 17.1. The molecule has 0 bridgehead atoms. The van der Waals surface area contributed by atoms with Crippen molar-refractivity contribution in [2.45, 2.75) is 98.2 Å². The number of piperidine rings is 1. The second-order valence-electron chi connectivity index (χ2n) is 13.8. The molecule has 2 aromatic carbocycles. The fraction of sp³-hybridized carbons (Fsp3) is 0.474. The maximum absolute atomic E-state index is 15.8. The van der Waals surface area contributed by atoms with E-state index in [4.69, 9.17) is 11.6 Å². The molecule has 0 spiro atoms. The summed E-state index contributed by atoms with van der Waals surface area (Å²) in [6, 6.07) is 10.6. The Morgan fingerprint density at radius 1 is 0.979 bits per heavy atom. The van der Waals surface area contributed by atoms with Gasteiger partial charge in [-0.25, -0.2) is 9.37 Å². The highest BCUT2D eigenvalue weighted by Crippen LogP contribution is 2.35. The lowest BCUT2D eigenvalue weighted by atomic mass is 9.90. The summed E-state index contributed by atoms with van der Waals surface area (Å²) in [5.74, 6) is -2.63. The largest absolute Gasteiger partial charge is 0.481 e. The van der Waals surface area contributed by atoms with Crippen LogP contribution in [0.15, 0.2) is 42.5 Å². The topological polar surface area (TPSA) is 112 Å². The highest BCUT2D eigenvalue weighted by molar-refractivity contribution is 6.30. The smallest absolute Gasteiger partial charge is 0.305 e. The lowest BCUT2D eigenvalue weighted by Gasteiger charge is -2.34. The fourth-order valence-corrected chi connectivity index (χ4v) is 7.03. The van der Waals surface area contributed by atoms with E-state index in [-0.39, 0.29) is 29.5 Å². The Hall–Kier alpha value is -3.82. The van der Waals surface area contributed by atoms with Gasteiger partial charge >= 0.3 is 5.97 Å². The van der Waals surface area contributed by atoms with Crippen molar-refractivity contribution in [2.24, 2.45) is 5.92 Å². The van der Waals surface area contributed by atoms with Crippen LogP contribution in [0.1, 0.15) is 104 Å². The second-order valence-corrected chi connectivity index (χ2v) is 14.2. The summed E-state index contributed by atoms with van der Waals surface area (Å²) in [5.41, 5.74) is 4.75. The van der Waals surface area contributed by atoms with Crippen LogP contribution in [0.2, 0.25) is 5.02 Å². The number of hydrogen-bond acceptors (Lipinski definition) is 5. The van der Waals surface area contributed by atoms with Gasteiger partial charge in [0.1, 0.15) is 17.6 Å². The molecule has 0 saturated carbocycles. The number of hydrogen-bond donors (Lipinski definition) is 3. The van der Waals surface area contributed by atoms with E-state index in [1.807, 2.05) is 52.0 Å². The van der Waals surface area contributed by atoms with Crippen LogP contribution >= 0.6 is 11.6 Å². The molecule has 48 heavy (non-hydrogen) atoms. The SMILES string of the molecule is Cc1cc(-c2c(C)cc(Cl)cc2C)cc([C@H](CC(=O)O)NC(=O)C(CC(C)C)NC(=O)c2cccc(C3CCN(C(C)C)CC3)n2)c1F. The number of amides is 2. The average molecular weight is 679 g/mol. The monoisotopic (exact) mass is 678 g/mol. The predicted octanol–water partition coefficient (Wildman–Crippen LogP) is 7.53. The molecule has 10 heteroatoms. The van der Waals surface area contributed by atoms with Crippen LogP contribution in [0.4, 0.5) is 4.39 Å². The standard InChI is InChI=1S/C38H48ClFN4O4/c1-21(2)15-33(43-37(47)31-10-8-9-30(41-31)26-11-13-44(14-12-26)22(3)4)38(48)42-32(20-34(45)46)29-19-27(16-25(7)36(29)40)35-23(5)17-28(39)18-24(35)6/h8-10,16-19,21-22,26,32-33H,11-15,20H2,1-7H3,(H,42,48)(H,43,47)(H,45,46)/t32-,33?/m0/s1. The van der Waals surface area contributed by atoms with E-state index < -0.39 is 42.1 Å².